The van der Waals surface area contributed by atoms with Gasteiger partial charge < -0.3 is 0 Å². The number of nitrogens with zero attached hydrogens (tertiary/aromatic N) is 5. The molecule has 9 nitrogen and oxygen atoms in total. The number of fused-ring (bicyclic) bond motifs is 1. The fourth-order valence-corrected chi connectivity index (χ4v) is 6.11. The minimum atomic E-state index is -3.55. The van der Waals surface area contributed by atoms with Crippen LogP contribution in [0.2, 0.25) is 0 Å². The van der Waals surface area contributed by atoms with E-state index in [9.17, 15) is 18.0 Å². The second kappa shape index (κ2) is 7.09. The van der Waals surface area contributed by atoms with Crippen molar-refractivity contribution >= 4 is 21.2 Å². The normalized spacial score (nSPS) is 22.1. The third-order valence-corrected chi connectivity index (χ3v) is 7.85. The predicted molar refractivity (Wildman–Crippen MR) is 105 cm³/mol. The molecule has 28 heavy (non-hydrogen) atoms. The molecule has 2 aliphatic rings. The van der Waals surface area contributed by atoms with Crippen molar-refractivity contribution in [1.29, 1.82) is 0 Å². The Hall–Kier alpha value is -2.04. The Morgan fingerprint density at radius 3 is 2.36 bits per heavy atom. The third kappa shape index (κ3) is 2.99. The number of piperidine rings is 1. The van der Waals surface area contributed by atoms with Crippen molar-refractivity contribution in [3.05, 3.63) is 38.7 Å². The highest BCUT2D eigenvalue weighted by atomic mass is 32.2. The molecule has 2 aromatic rings. The van der Waals surface area contributed by atoms with Crippen LogP contribution in [0.4, 0.5) is 0 Å². The van der Waals surface area contributed by atoms with Gasteiger partial charge in [-0.05, 0) is 37.8 Å². The maximum atomic E-state index is 13.2. The highest BCUT2D eigenvalue weighted by Crippen LogP contribution is 2.34. The molecule has 1 atom stereocenters. The summed E-state index contributed by atoms with van der Waals surface area (Å²) in [6, 6.07) is 2.98. The van der Waals surface area contributed by atoms with E-state index in [4.69, 9.17) is 0 Å². The maximum Gasteiger partial charge on any atom is 0.332 e. The maximum absolute atomic E-state index is 13.2. The molecule has 152 valence electrons. The molecule has 0 aliphatic carbocycles. The molecule has 2 aromatic heterocycles. The average molecular weight is 407 g/mol. The number of rotatable bonds is 3. The largest absolute Gasteiger partial charge is 0.332 e. The second-order valence-corrected chi connectivity index (χ2v) is 9.43. The molecule has 4 rings (SSSR count). The molecular formula is C18H25N5O4S. The second-order valence-electron chi connectivity index (χ2n) is 7.55. The Kier molecular flexibility index (Phi) is 4.88. The quantitative estimate of drug-likeness (QED) is 0.738. The average Bonchev–Trinajstić information content (AvgIpc) is 3.26. The van der Waals surface area contributed by atoms with Gasteiger partial charge in [0.2, 0.25) is 0 Å². The summed E-state index contributed by atoms with van der Waals surface area (Å²) in [6.45, 7) is 1.57. The minimum Gasteiger partial charge on any atom is -0.280 e. The summed E-state index contributed by atoms with van der Waals surface area (Å²) < 4.78 is 31.8. The summed E-state index contributed by atoms with van der Waals surface area (Å²) in [4.78, 5) is 29.2. The summed E-state index contributed by atoms with van der Waals surface area (Å²) in [5.74, 6) is 0. The van der Waals surface area contributed by atoms with E-state index in [1.807, 2.05) is 0 Å². The first kappa shape index (κ1) is 19.3. The summed E-state index contributed by atoms with van der Waals surface area (Å²) in [6.07, 6.45) is 4.17. The summed E-state index contributed by atoms with van der Waals surface area (Å²) in [5, 5.41) is 0.345. The molecule has 0 spiro atoms. The van der Waals surface area contributed by atoms with Crippen LogP contribution in [0.1, 0.15) is 43.8 Å². The molecule has 2 fully saturated rings. The van der Waals surface area contributed by atoms with Gasteiger partial charge in [-0.25, -0.2) is 9.78 Å². The fraction of sp³-hybridized carbons (Fsp3) is 0.611. The zero-order valence-electron chi connectivity index (χ0n) is 16.2. The Balaban J connectivity index is 1.81. The molecular weight excluding hydrogens is 382 g/mol. The predicted octanol–water partition coefficient (Wildman–Crippen LogP) is 0.500. The first-order valence-electron chi connectivity index (χ1n) is 9.66. The molecule has 4 heterocycles. The first-order chi connectivity index (χ1) is 13.3. The van der Waals surface area contributed by atoms with Crippen molar-refractivity contribution < 1.29 is 8.42 Å². The highest BCUT2D eigenvalue weighted by Gasteiger charge is 2.38. The van der Waals surface area contributed by atoms with Crippen molar-refractivity contribution in [3.63, 3.8) is 0 Å². The number of hydrogen-bond acceptors (Lipinski definition) is 5. The van der Waals surface area contributed by atoms with E-state index < -0.39 is 21.5 Å². The van der Waals surface area contributed by atoms with Crippen LogP contribution in [0.3, 0.4) is 0 Å². The Morgan fingerprint density at radius 2 is 1.64 bits per heavy atom. The topological polar surface area (TPSA) is 97.5 Å². The van der Waals surface area contributed by atoms with E-state index in [0.29, 0.717) is 37.1 Å². The highest BCUT2D eigenvalue weighted by molar-refractivity contribution is 7.86. The Labute approximate surface area is 163 Å². The van der Waals surface area contributed by atoms with Gasteiger partial charge in [-0.3, -0.25) is 13.9 Å². The van der Waals surface area contributed by atoms with Crippen LogP contribution in [-0.2, 0) is 24.3 Å². The van der Waals surface area contributed by atoms with Crippen molar-refractivity contribution in [3.8, 4) is 0 Å². The minimum absolute atomic E-state index is 0.287. The van der Waals surface area contributed by atoms with Gasteiger partial charge >= 0.3 is 5.69 Å². The molecule has 2 aliphatic heterocycles. The fourth-order valence-electron chi connectivity index (χ4n) is 4.20. The van der Waals surface area contributed by atoms with Crippen LogP contribution in [-0.4, -0.2) is 50.8 Å². The Bertz CT molecular complexity index is 1130. The standard InChI is InChI=1S/C18H25N5O4S/c1-20-16-13(17(24)21(2)18(20)25)8-9-14(19-16)15-7-3-4-12-23(15)28(26,27)22-10-5-6-11-22/h8-9,15H,3-7,10-12H2,1-2H3/t15-/m1/s1. The van der Waals surface area contributed by atoms with Gasteiger partial charge in [-0.15, -0.1) is 0 Å². The molecule has 10 heteroatoms. The van der Waals surface area contributed by atoms with Crippen molar-refractivity contribution in [2.75, 3.05) is 19.6 Å². The molecule has 0 saturated carbocycles. The Morgan fingerprint density at radius 1 is 0.964 bits per heavy atom. The number of aryl methyl sites for hydroxylation is 1. The molecule has 0 N–H and O–H groups in total. The van der Waals surface area contributed by atoms with Gasteiger partial charge in [0.25, 0.3) is 15.8 Å². The zero-order chi connectivity index (χ0) is 20.1. The van der Waals surface area contributed by atoms with E-state index in [0.717, 1.165) is 30.3 Å². The van der Waals surface area contributed by atoms with Crippen molar-refractivity contribution in [2.45, 2.75) is 38.1 Å². The molecule has 0 radical (unpaired) electrons. The van der Waals surface area contributed by atoms with E-state index in [2.05, 4.69) is 4.98 Å². The van der Waals surface area contributed by atoms with E-state index in [1.54, 1.807) is 27.8 Å². The van der Waals surface area contributed by atoms with E-state index in [1.165, 1.54) is 11.6 Å². The van der Waals surface area contributed by atoms with Gasteiger partial charge in [0.1, 0.15) is 5.65 Å². The van der Waals surface area contributed by atoms with Gasteiger partial charge in [0.15, 0.2) is 0 Å². The number of aromatic nitrogens is 3. The first-order valence-corrected chi connectivity index (χ1v) is 11.1. The lowest BCUT2D eigenvalue weighted by Crippen LogP contribution is -2.46. The van der Waals surface area contributed by atoms with Crippen molar-refractivity contribution in [1.82, 2.24) is 22.7 Å². The van der Waals surface area contributed by atoms with Crippen LogP contribution < -0.4 is 11.2 Å². The van der Waals surface area contributed by atoms with Crippen molar-refractivity contribution in [2.24, 2.45) is 14.1 Å². The lowest BCUT2D eigenvalue weighted by molar-refractivity contribution is 0.235. The number of pyridine rings is 1. The summed E-state index contributed by atoms with van der Waals surface area (Å²) in [5.41, 5.74) is 0.0163. The van der Waals surface area contributed by atoms with Gasteiger partial charge in [-0.1, -0.05) is 6.42 Å². The molecule has 2 saturated heterocycles. The SMILES string of the molecule is Cn1c(=O)c2ccc([C@H]3CCCCN3S(=O)(=O)N3CCCC3)nc2n(C)c1=O. The monoisotopic (exact) mass is 407 g/mol. The van der Waals surface area contributed by atoms with Crippen LogP contribution in [0.15, 0.2) is 21.7 Å². The molecule has 0 aromatic carbocycles. The smallest absolute Gasteiger partial charge is 0.280 e. The van der Waals surface area contributed by atoms with Gasteiger partial charge in [0, 0.05) is 33.7 Å². The lowest BCUT2D eigenvalue weighted by Gasteiger charge is -2.36. The van der Waals surface area contributed by atoms with Crippen LogP contribution >= 0.6 is 0 Å². The molecule has 0 bridgehead atoms. The molecule has 0 unspecified atom stereocenters. The zero-order valence-corrected chi connectivity index (χ0v) is 17.0. The van der Waals surface area contributed by atoms with Crippen LogP contribution in [0.25, 0.3) is 11.0 Å². The summed E-state index contributed by atoms with van der Waals surface area (Å²) in [7, 11) is -0.549. The van der Waals surface area contributed by atoms with Gasteiger partial charge in [0.05, 0.1) is 17.1 Å². The van der Waals surface area contributed by atoms with Gasteiger partial charge in [-0.2, -0.15) is 17.0 Å². The number of hydrogen-bond donors (Lipinski definition) is 0. The van der Waals surface area contributed by atoms with Crippen LogP contribution in [0.5, 0.6) is 0 Å². The van der Waals surface area contributed by atoms with E-state index in [-0.39, 0.29) is 11.7 Å². The summed E-state index contributed by atoms with van der Waals surface area (Å²) >= 11 is 0. The lowest BCUT2D eigenvalue weighted by atomic mass is 10.0. The molecule has 0 amide bonds. The third-order valence-electron chi connectivity index (χ3n) is 5.81. The van der Waals surface area contributed by atoms with Crippen LogP contribution in [0, 0.1) is 0 Å². The van der Waals surface area contributed by atoms with E-state index >= 15 is 0 Å².